The summed E-state index contributed by atoms with van der Waals surface area (Å²) < 4.78 is 37.9. The number of nitrogens with two attached hydrogens (primary N) is 1. The van der Waals surface area contributed by atoms with Crippen LogP contribution in [-0.4, -0.2) is 52.1 Å². The van der Waals surface area contributed by atoms with Crippen molar-refractivity contribution in [3.63, 3.8) is 0 Å². The van der Waals surface area contributed by atoms with Crippen LogP contribution in [0.15, 0.2) is 30.6 Å². The molecule has 1 fully saturated rings. The maximum Gasteiger partial charge on any atom is 0.169 e. The molecule has 0 amide bonds. The summed E-state index contributed by atoms with van der Waals surface area (Å²) in [5.41, 5.74) is 8.65. The highest BCUT2D eigenvalue weighted by Gasteiger charge is 2.29. The summed E-state index contributed by atoms with van der Waals surface area (Å²) in [5.74, 6) is 2.05. The average molecular weight is 518 g/mol. The minimum absolute atomic E-state index is 0.0435. The number of terminal acetylenes is 1. The number of aryl methyl sites for hydroxylation is 1. The first kappa shape index (κ1) is 25.1. The second kappa shape index (κ2) is 10.1. The average Bonchev–Trinajstić information content (AvgIpc) is 3.50. The molecule has 5 rings (SSSR count). The van der Waals surface area contributed by atoms with Crippen LogP contribution in [0.3, 0.4) is 0 Å². The Bertz CT molecular complexity index is 1530. The van der Waals surface area contributed by atoms with Crippen molar-refractivity contribution in [2.24, 2.45) is 0 Å². The van der Waals surface area contributed by atoms with E-state index in [1.807, 2.05) is 11.6 Å². The van der Waals surface area contributed by atoms with Crippen molar-refractivity contribution >= 4 is 44.7 Å². The van der Waals surface area contributed by atoms with E-state index in [1.165, 1.54) is 12.4 Å². The molecule has 2 N–H and O–H groups in total. The van der Waals surface area contributed by atoms with E-state index in [9.17, 15) is 4.39 Å². The number of ether oxygens (including phenoxy) is 1. The lowest BCUT2D eigenvalue weighted by Gasteiger charge is -2.15. The minimum atomic E-state index is -0.579. The van der Waals surface area contributed by atoms with Gasteiger partial charge >= 0.3 is 0 Å². The number of hydrogen-bond acceptors (Lipinski definition) is 6. The van der Waals surface area contributed by atoms with E-state index in [-0.39, 0.29) is 28.9 Å². The predicted octanol–water partition coefficient (Wildman–Crippen LogP) is 2.48. The lowest BCUT2D eigenvalue weighted by Crippen LogP contribution is -2.23. The molecule has 0 saturated carbocycles. The van der Waals surface area contributed by atoms with Gasteiger partial charge in [0.2, 0.25) is 0 Å². The second-order valence-electron chi connectivity index (χ2n) is 9.26. The first-order chi connectivity index (χ1) is 17.8. The van der Waals surface area contributed by atoms with Crippen LogP contribution in [0.1, 0.15) is 24.4 Å². The zero-order valence-corrected chi connectivity index (χ0v) is 21.8. The van der Waals surface area contributed by atoms with Crippen molar-refractivity contribution in [1.82, 2.24) is 24.6 Å². The van der Waals surface area contributed by atoms with Gasteiger partial charge < -0.3 is 15.4 Å². The number of rotatable bonds is 6. The zero-order chi connectivity index (χ0) is 26.3. The predicted molar refractivity (Wildman–Crippen MR) is 147 cm³/mol. The van der Waals surface area contributed by atoms with Crippen molar-refractivity contribution in [3.8, 4) is 35.1 Å². The fourth-order valence-corrected chi connectivity index (χ4v) is 5.06. The summed E-state index contributed by atoms with van der Waals surface area (Å²) in [6.07, 6.45) is 8.34. The van der Waals surface area contributed by atoms with E-state index in [2.05, 4.69) is 30.0 Å². The fraction of sp³-hybridized carbons (Fsp3) is 0.269. The van der Waals surface area contributed by atoms with Crippen LogP contribution in [0.4, 0.5) is 14.6 Å². The van der Waals surface area contributed by atoms with Gasteiger partial charge in [-0.05, 0) is 36.5 Å². The highest BCUT2D eigenvalue weighted by atomic mass is 31.0. The van der Waals surface area contributed by atoms with Crippen molar-refractivity contribution < 1.29 is 13.5 Å². The third kappa shape index (κ3) is 4.65. The number of halogens is 2. The van der Waals surface area contributed by atoms with Gasteiger partial charge in [0.1, 0.15) is 37.3 Å². The number of benzene rings is 2. The second-order valence-corrected chi connectivity index (χ2v) is 9.84. The SMILES string of the molecule is Bc1cc(C)c(P)c(Oc2ccc(-c3nn(C4CCN(CCC#C)C4)c4ncnc(N)c34)c(F)c2)c1F. The third-order valence-corrected chi connectivity index (χ3v) is 7.47. The van der Waals surface area contributed by atoms with Gasteiger partial charge in [0.25, 0.3) is 0 Å². The van der Waals surface area contributed by atoms with E-state index in [0.717, 1.165) is 31.6 Å². The molecule has 0 spiro atoms. The maximum absolute atomic E-state index is 15.5. The van der Waals surface area contributed by atoms with Crippen LogP contribution in [0.2, 0.25) is 0 Å². The Hall–Kier alpha value is -3.54. The quantitative estimate of drug-likeness (QED) is 0.240. The molecule has 4 aromatic rings. The molecule has 2 aromatic heterocycles. The van der Waals surface area contributed by atoms with Crippen LogP contribution in [-0.2, 0) is 0 Å². The Morgan fingerprint density at radius 1 is 1.30 bits per heavy atom. The molecular formula is C26H26BF2N6OP. The van der Waals surface area contributed by atoms with Gasteiger partial charge in [0, 0.05) is 43.0 Å². The van der Waals surface area contributed by atoms with E-state index in [1.54, 1.807) is 26.0 Å². The molecule has 2 atom stereocenters. The molecule has 0 aliphatic carbocycles. The van der Waals surface area contributed by atoms with Crippen LogP contribution in [0.25, 0.3) is 22.3 Å². The Balaban J connectivity index is 1.52. The molecule has 188 valence electrons. The standard InChI is InChI=1S/C26H26BF2N6OP/c1-3-4-8-34-9-7-15(12-34)35-26-20(25(30)31-13-32-26)22(33-35)17-6-5-16(11-19(17)28)36-23-21(29)18(27)10-14(2)24(23)37/h1,5-6,10-11,13,15H,4,7-9,12,27,37H2,2H3,(H2,30,31,32). The van der Waals surface area contributed by atoms with E-state index < -0.39 is 11.6 Å². The summed E-state index contributed by atoms with van der Waals surface area (Å²) in [7, 11) is 4.14. The fourth-order valence-electron chi connectivity index (χ4n) is 4.79. The lowest BCUT2D eigenvalue weighted by atomic mass is 9.93. The summed E-state index contributed by atoms with van der Waals surface area (Å²) in [6, 6.07) is 6.14. The molecule has 11 heteroatoms. The first-order valence-electron chi connectivity index (χ1n) is 12.0. The molecule has 1 aliphatic heterocycles. The van der Waals surface area contributed by atoms with Gasteiger partial charge in [-0.15, -0.1) is 21.6 Å². The van der Waals surface area contributed by atoms with Crippen molar-refractivity contribution in [1.29, 1.82) is 0 Å². The van der Waals surface area contributed by atoms with Crippen LogP contribution in [0, 0.1) is 30.9 Å². The van der Waals surface area contributed by atoms with E-state index in [4.69, 9.17) is 22.0 Å². The molecule has 7 nitrogen and oxygen atoms in total. The largest absolute Gasteiger partial charge is 0.454 e. The summed E-state index contributed by atoms with van der Waals surface area (Å²) in [5, 5.41) is 5.84. The highest BCUT2D eigenvalue weighted by Crippen LogP contribution is 2.36. The van der Waals surface area contributed by atoms with Gasteiger partial charge in [-0.3, -0.25) is 0 Å². The van der Waals surface area contributed by atoms with Gasteiger partial charge in [-0.25, -0.2) is 23.4 Å². The molecule has 37 heavy (non-hydrogen) atoms. The Morgan fingerprint density at radius 3 is 2.86 bits per heavy atom. The van der Waals surface area contributed by atoms with Crippen molar-refractivity contribution in [3.05, 3.63) is 47.8 Å². The number of hydrogen-bond donors (Lipinski definition) is 1. The zero-order valence-electron chi connectivity index (χ0n) is 20.6. The van der Waals surface area contributed by atoms with Crippen LogP contribution in [0.5, 0.6) is 11.5 Å². The van der Waals surface area contributed by atoms with Gasteiger partial charge in [0.15, 0.2) is 17.2 Å². The molecule has 0 radical (unpaired) electrons. The molecule has 2 aromatic carbocycles. The molecule has 0 bridgehead atoms. The van der Waals surface area contributed by atoms with Crippen molar-refractivity contribution in [2.75, 3.05) is 25.4 Å². The Labute approximate surface area is 217 Å². The van der Waals surface area contributed by atoms with Crippen LogP contribution >= 0.6 is 9.24 Å². The van der Waals surface area contributed by atoms with E-state index >= 15 is 4.39 Å². The summed E-state index contributed by atoms with van der Waals surface area (Å²) >= 11 is 0. The number of nitrogens with zero attached hydrogens (tertiary/aromatic N) is 5. The van der Waals surface area contributed by atoms with Gasteiger partial charge in [0.05, 0.1) is 11.4 Å². The number of aromatic nitrogens is 4. The van der Waals surface area contributed by atoms with Gasteiger partial charge in [-0.2, -0.15) is 5.10 Å². The molecule has 3 heterocycles. The van der Waals surface area contributed by atoms with Crippen LogP contribution < -0.4 is 21.2 Å². The minimum Gasteiger partial charge on any atom is -0.454 e. The number of fused-ring (bicyclic) bond motifs is 1. The number of anilines is 1. The van der Waals surface area contributed by atoms with Crippen molar-refractivity contribution in [2.45, 2.75) is 25.8 Å². The normalized spacial score (nSPS) is 15.8. The first-order valence-corrected chi connectivity index (χ1v) is 12.5. The molecule has 2 unspecified atom stereocenters. The Morgan fingerprint density at radius 2 is 2.11 bits per heavy atom. The molecule has 1 saturated heterocycles. The third-order valence-electron chi connectivity index (χ3n) is 6.75. The number of nitrogen functional groups attached to an aromatic ring is 1. The summed E-state index contributed by atoms with van der Waals surface area (Å²) in [6.45, 7) is 4.32. The lowest BCUT2D eigenvalue weighted by molar-refractivity contribution is 0.328. The molecule has 1 aliphatic rings. The monoisotopic (exact) mass is 518 g/mol. The highest BCUT2D eigenvalue weighted by molar-refractivity contribution is 7.28. The number of likely N-dealkylation sites (tertiary alicyclic amines) is 1. The molecular weight excluding hydrogens is 492 g/mol. The maximum atomic E-state index is 15.5. The van der Waals surface area contributed by atoms with Gasteiger partial charge in [-0.1, -0.05) is 6.07 Å². The summed E-state index contributed by atoms with van der Waals surface area (Å²) in [4.78, 5) is 10.8. The van der Waals surface area contributed by atoms with E-state index in [0.29, 0.717) is 33.9 Å². The Kier molecular flexibility index (Phi) is 6.85. The smallest absolute Gasteiger partial charge is 0.169 e. The topological polar surface area (TPSA) is 82.1 Å².